The van der Waals surface area contributed by atoms with Crippen molar-refractivity contribution < 1.29 is 14.3 Å². The fraction of sp³-hybridized carbons (Fsp3) is 0.250. The molecule has 0 radical (unpaired) electrons. The molecule has 1 aliphatic rings. The zero-order valence-corrected chi connectivity index (χ0v) is 22.9. The van der Waals surface area contributed by atoms with Gasteiger partial charge in [-0.05, 0) is 63.3 Å². The number of nitrogens with zero attached hydrogens (tertiary/aromatic N) is 5. The van der Waals surface area contributed by atoms with Gasteiger partial charge in [-0.2, -0.15) is 5.10 Å². The second-order valence-corrected chi connectivity index (χ2v) is 10.7. The third-order valence-electron chi connectivity index (χ3n) is 6.70. The van der Waals surface area contributed by atoms with Gasteiger partial charge >= 0.3 is 5.97 Å². The first-order chi connectivity index (χ1) is 19.4. The standard InChI is InChI=1S/C32H31N5O3/c1-32(2,3)40-31(38)24-10-8-23(9-11-24)29-27(15-14-25-13-12-22-6-4-5-7-26(22)34-25)35-30-28(16-17-33-37(29)30)36-18-20-39-21-19-36/h4-17H,18-21H2,1-3H3. The van der Waals surface area contributed by atoms with Crippen molar-refractivity contribution >= 4 is 40.4 Å². The maximum atomic E-state index is 12.6. The molecule has 0 unspecified atom stereocenters. The molecule has 40 heavy (non-hydrogen) atoms. The molecule has 6 rings (SSSR count). The van der Waals surface area contributed by atoms with Gasteiger partial charge in [0.1, 0.15) is 11.3 Å². The molecular formula is C32H31N5O3. The number of rotatable bonds is 5. The molecule has 2 aromatic carbocycles. The van der Waals surface area contributed by atoms with Gasteiger partial charge in [-0.1, -0.05) is 36.4 Å². The van der Waals surface area contributed by atoms with Crippen molar-refractivity contribution in [2.75, 3.05) is 31.2 Å². The van der Waals surface area contributed by atoms with Crippen molar-refractivity contribution in [1.82, 2.24) is 19.6 Å². The lowest BCUT2D eigenvalue weighted by Gasteiger charge is -2.28. The van der Waals surface area contributed by atoms with Gasteiger partial charge in [-0.3, -0.25) is 0 Å². The lowest BCUT2D eigenvalue weighted by molar-refractivity contribution is 0.00695. The van der Waals surface area contributed by atoms with Crippen molar-refractivity contribution in [2.45, 2.75) is 26.4 Å². The number of anilines is 1. The summed E-state index contributed by atoms with van der Waals surface area (Å²) in [5, 5.41) is 5.79. The minimum atomic E-state index is -0.564. The second kappa shape index (κ2) is 10.5. The Labute approximate surface area is 232 Å². The van der Waals surface area contributed by atoms with E-state index >= 15 is 0 Å². The van der Waals surface area contributed by atoms with Crippen LogP contribution >= 0.6 is 0 Å². The molecule has 0 saturated carbocycles. The molecule has 0 N–H and O–H groups in total. The molecule has 8 nitrogen and oxygen atoms in total. The highest BCUT2D eigenvalue weighted by Gasteiger charge is 2.22. The predicted molar refractivity (Wildman–Crippen MR) is 157 cm³/mol. The van der Waals surface area contributed by atoms with Gasteiger partial charge in [0.2, 0.25) is 0 Å². The molecule has 0 aliphatic carbocycles. The molecule has 3 aromatic heterocycles. The molecule has 8 heteroatoms. The Morgan fingerprint density at radius 1 is 0.925 bits per heavy atom. The zero-order valence-electron chi connectivity index (χ0n) is 22.9. The smallest absolute Gasteiger partial charge is 0.338 e. The Hall–Kier alpha value is -4.56. The van der Waals surface area contributed by atoms with E-state index in [0.29, 0.717) is 18.8 Å². The molecule has 202 valence electrons. The average molecular weight is 534 g/mol. The predicted octanol–water partition coefficient (Wildman–Crippen LogP) is 5.91. The molecule has 0 bridgehead atoms. The van der Waals surface area contributed by atoms with Crippen LogP contribution < -0.4 is 4.90 Å². The Morgan fingerprint density at radius 3 is 2.48 bits per heavy atom. The number of imidazole rings is 1. The van der Waals surface area contributed by atoms with Crippen LogP contribution in [-0.2, 0) is 9.47 Å². The van der Waals surface area contributed by atoms with Crippen molar-refractivity contribution in [3.63, 3.8) is 0 Å². The van der Waals surface area contributed by atoms with E-state index in [4.69, 9.17) is 24.5 Å². The van der Waals surface area contributed by atoms with Gasteiger partial charge in [0.05, 0.1) is 47.6 Å². The first kappa shape index (κ1) is 25.7. The number of hydrogen-bond acceptors (Lipinski definition) is 7. The Kier molecular flexibility index (Phi) is 6.77. The Morgan fingerprint density at radius 2 is 1.70 bits per heavy atom. The minimum Gasteiger partial charge on any atom is -0.456 e. The molecule has 1 aliphatic heterocycles. The van der Waals surface area contributed by atoms with Crippen molar-refractivity contribution in [1.29, 1.82) is 0 Å². The highest BCUT2D eigenvalue weighted by atomic mass is 16.6. The molecule has 1 fully saturated rings. The summed E-state index contributed by atoms with van der Waals surface area (Å²) in [4.78, 5) is 24.7. The number of morpholine rings is 1. The van der Waals surface area contributed by atoms with Crippen LogP contribution in [0.15, 0.2) is 72.9 Å². The number of aromatic nitrogens is 4. The summed E-state index contributed by atoms with van der Waals surface area (Å²) in [7, 11) is 0. The zero-order chi connectivity index (χ0) is 27.7. The monoisotopic (exact) mass is 533 g/mol. The summed E-state index contributed by atoms with van der Waals surface area (Å²) < 4.78 is 13.0. The number of carbonyl (C=O) groups is 1. The Bertz CT molecular complexity index is 1710. The molecule has 0 amide bonds. The number of fused-ring (bicyclic) bond motifs is 2. The van der Waals surface area contributed by atoms with Crippen LogP contribution in [0.5, 0.6) is 0 Å². The van der Waals surface area contributed by atoms with Crippen molar-refractivity contribution in [3.05, 3.63) is 89.9 Å². The summed E-state index contributed by atoms with van der Waals surface area (Å²) in [5.41, 5.74) is 5.95. The average Bonchev–Trinajstić information content (AvgIpc) is 3.34. The number of para-hydroxylation sites is 1. The summed E-state index contributed by atoms with van der Waals surface area (Å²) in [5.74, 6) is -0.354. The first-order valence-corrected chi connectivity index (χ1v) is 13.4. The van der Waals surface area contributed by atoms with E-state index in [1.165, 1.54) is 0 Å². The molecule has 4 heterocycles. The fourth-order valence-corrected chi connectivity index (χ4v) is 4.83. The Balaban J connectivity index is 1.43. The van der Waals surface area contributed by atoms with E-state index < -0.39 is 5.60 Å². The topological polar surface area (TPSA) is 81.8 Å². The lowest BCUT2D eigenvalue weighted by Crippen LogP contribution is -2.36. The number of esters is 1. The molecule has 5 aromatic rings. The van der Waals surface area contributed by atoms with Gasteiger partial charge in [0.25, 0.3) is 0 Å². The number of carbonyl (C=O) groups excluding carboxylic acids is 1. The normalized spacial score (nSPS) is 14.3. The third-order valence-corrected chi connectivity index (χ3v) is 6.70. The van der Waals surface area contributed by atoms with Crippen LogP contribution in [0.25, 0.3) is 40.0 Å². The van der Waals surface area contributed by atoms with Crippen molar-refractivity contribution in [2.24, 2.45) is 0 Å². The summed E-state index contributed by atoms with van der Waals surface area (Å²) in [6.07, 6.45) is 5.75. The highest BCUT2D eigenvalue weighted by molar-refractivity contribution is 5.91. The van der Waals surface area contributed by atoms with E-state index in [0.717, 1.165) is 58.0 Å². The highest BCUT2D eigenvalue weighted by Crippen LogP contribution is 2.31. The summed E-state index contributed by atoms with van der Waals surface area (Å²) in [6, 6.07) is 21.5. The fourth-order valence-electron chi connectivity index (χ4n) is 4.83. The van der Waals surface area contributed by atoms with Gasteiger partial charge < -0.3 is 14.4 Å². The van der Waals surface area contributed by atoms with Crippen LogP contribution in [0, 0.1) is 0 Å². The van der Waals surface area contributed by atoms with Crippen molar-refractivity contribution in [3.8, 4) is 11.3 Å². The van der Waals surface area contributed by atoms with Gasteiger partial charge in [-0.15, -0.1) is 0 Å². The van der Waals surface area contributed by atoms with Crippen LogP contribution in [0.2, 0.25) is 0 Å². The minimum absolute atomic E-state index is 0.354. The summed E-state index contributed by atoms with van der Waals surface area (Å²) in [6.45, 7) is 8.51. The maximum absolute atomic E-state index is 12.6. The van der Waals surface area contributed by atoms with Crippen LogP contribution in [0.1, 0.15) is 42.5 Å². The van der Waals surface area contributed by atoms with E-state index in [9.17, 15) is 4.79 Å². The largest absolute Gasteiger partial charge is 0.456 e. The third kappa shape index (κ3) is 5.31. The first-order valence-electron chi connectivity index (χ1n) is 13.4. The molecule has 0 atom stereocenters. The van der Waals surface area contributed by atoms with E-state index in [2.05, 4.69) is 17.0 Å². The number of ether oxygens (including phenoxy) is 2. The number of pyridine rings is 1. The SMILES string of the molecule is CC(C)(C)OC(=O)c1ccc(-c2c(C=Cc3ccc4ccccc4n3)nc3c(N4CCOCC4)ccnn23)cc1. The van der Waals surface area contributed by atoms with Crippen LogP contribution in [0.3, 0.4) is 0 Å². The summed E-state index contributed by atoms with van der Waals surface area (Å²) >= 11 is 0. The van der Waals surface area contributed by atoms with Gasteiger partial charge in [0.15, 0.2) is 5.65 Å². The maximum Gasteiger partial charge on any atom is 0.338 e. The number of hydrogen-bond donors (Lipinski definition) is 0. The van der Waals surface area contributed by atoms with Crippen LogP contribution in [0.4, 0.5) is 5.69 Å². The quantitative estimate of drug-likeness (QED) is 0.260. The van der Waals surface area contributed by atoms with Crippen LogP contribution in [-0.4, -0.2) is 57.5 Å². The van der Waals surface area contributed by atoms with E-state index in [-0.39, 0.29) is 5.97 Å². The van der Waals surface area contributed by atoms with E-state index in [1.54, 1.807) is 18.3 Å². The van der Waals surface area contributed by atoms with Gasteiger partial charge in [-0.25, -0.2) is 19.3 Å². The molecule has 1 saturated heterocycles. The number of benzene rings is 2. The lowest BCUT2D eigenvalue weighted by atomic mass is 10.1. The molecular weight excluding hydrogens is 502 g/mol. The van der Waals surface area contributed by atoms with E-state index in [1.807, 2.05) is 79.9 Å². The van der Waals surface area contributed by atoms with Gasteiger partial charge in [0, 0.05) is 24.0 Å². The molecule has 0 spiro atoms. The second-order valence-electron chi connectivity index (χ2n) is 10.7.